The number of benzene rings is 1. The summed E-state index contributed by atoms with van der Waals surface area (Å²) in [5.41, 5.74) is 6.75. The van der Waals surface area contributed by atoms with Gasteiger partial charge in [0.15, 0.2) is 0 Å². The van der Waals surface area contributed by atoms with Crippen molar-refractivity contribution in [3.63, 3.8) is 0 Å². The van der Waals surface area contributed by atoms with E-state index in [0.717, 1.165) is 31.4 Å². The molecule has 21 heavy (non-hydrogen) atoms. The van der Waals surface area contributed by atoms with Crippen molar-refractivity contribution in [2.24, 2.45) is 0 Å². The van der Waals surface area contributed by atoms with Gasteiger partial charge in [-0.1, -0.05) is 5.16 Å². The molecule has 3 rings (SSSR count). The Labute approximate surface area is 123 Å². The van der Waals surface area contributed by atoms with Gasteiger partial charge in [0.1, 0.15) is 11.4 Å². The summed E-state index contributed by atoms with van der Waals surface area (Å²) in [5, 5.41) is 4.08. The molecule has 0 radical (unpaired) electrons. The van der Waals surface area contributed by atoms with Crippen LogP contribution in [0.1, 0.15) is 32.0 Å². The first-order chi connectivity index (χ1) is 10.1. The van der Waals surface area contributed by atoms with E-state index >= 15 is 0 Å². The Bertz CT molecular complexity index is 633. The van der Waals surface area contributed by atoms with Crippen LogP contribution in [-0.4, -0.2) is 23.9 Å². The van der Waals surface area contributed by atoms with Crippen molar-refractivity contribution in [1.29, 1.82) is 0 Å². The molecule has 1 aliphatic heterocycles. The molecule has 1 atom stereocenters. The summed E-state index contributed by atoms with van der Waals surface area (Å²) in [6, 6.07) is 5.39. The maximum absolute atomic E-state index is 5.91. The fourth-order valence-electron chi connectivity index (χ4n) is 2.53. The number of rotatable bonds is 3. The van der Waals surface area contributed by atoms with E-state index in [1.54, 1.807) is 19.2 Å². The number of ether oxygens (including phenoxy) is 2. The minimum Gasteiger partial charge on any atom is -0.495 e. The Morgan fingerprint density at radius 1 is 1.33 bits per heavy atom. The molecular formula is C15H19N3O3. The van der Waals surface area contributed by atoms with E-state index in [1.807, 2.05) is 13.0 Å². The summed E-state index contributed by atoms with van der Waals surface area (Å²) in [4.78, 5) is 4.47. The minimum atomic E-state index is -0.460. The lowest BCUT2D eigenvalue weighted by Gasteiger charge is -2.30. The standard InChI is InChI=1S/C15H19N3O3/c1-15(7-3-4-8-20-15)14-17-13(21-18-14)10-5-6-12(19-2)11(16)9-10/h5-6,9H,3-4,7-8,16H2,1-2H3. The van der Waals surface area contributed by atoms with E-state index < -0.39 is 5.60 Å². The van der Waals surface area contributed by atoms with Crippen molar-refractivity contribution in [2.45, 2.75) is 31.8 Å². The zero-order valence-corrected chi connectivity index (χ0v) is 12.3. The molecule has 2 N–H and O–H groups in total. The second-order valence-corrected chi connectivity index (χ2v) is 5.42. The van der Waals surface area contributed by atoms with E-state index in [1.165, 1.54) is 0 Å². The van der Waals surface area contributed by atoms with Crippen molar-refractivity contribution < 1.29 is 14.0 Å². The first-order valence-electron chi connectivity index (χ1n) is 7.04. The van der Waals surface area contributed by atoms with Crippen LogP contribution >= 0.6 is 0 Å². The highest BCUT2D eigenvalue weighted by molar-refractivity contribution is 5.65. The zero-order chi connectivity index (χ0) is 14.9. The van der Waals surface area contributed by atoms with Gasteiger partial charge in [-0.15, -0.1) is 0 Å². The maximum Gasteiger partial charge on any atom is 0.258 e. The third kappa shape index (κ3) is 2.58. The van der Waals surface area contributed by atoms with Crippen molar-refractivity contribution in [3.05, 3.63) is 24.0 Å². The predicted octanol–water partition coefficient (Wildman–Crippen LogP) is 2.74. The number of hydrogen-bond donors (Lipinski definition) is 1. The summed E-state index contributed by atoms with van der Waals surface area (Å²) in [6.07, 6.45) is 3.09. The van der Waals surface area contributed by atoms with Crippen LogP contribution in [0.2, 0.25) is 0 Å². The molecule has 112 valence electrons. The van der Waals surface area contributed by atoms with E-state index in [0.29, 0.717) is 23.2 Å². The molecule has 6 nitrogen and oxygen atoms in total. The van der Waals surface area contributed by atoms with Crippen LogP contribution in [-0.2, 0) is 10.3 Å². The van der Waals surface area contributed by atoms with E-state index in [-0.39, 0.29) is 0 Å². The fraction of sp³-hybridized carbons (Fsp3) is 0.467. The molecule has 0 saturated carbocycles. The Morgan fingerprint density at radius 2 is 2.19 bits per heavy atom. The van der Waals surface area contributed by atoms with E-state index in [9.17, 15) is 0 Å². The third-order valence-corrected chi connectivity index (χ3v) is 3.84. The second-order valence-electron chi connectivity index (χ2n) is 5.42. The van der Waals surface area contributed by atoms with Gasteiger partial charge in [-0.2, -0.15) is 4.98 Å². The second kappa shape index (κ2) is 5.37. The van der Waals surface area contributed by atoms with Crippen LogP contribution in [0.4, 0.5) is 5.69 Å². The monoisotopic (exact) mass is 289 g/mol. The molecule has 1 aromatic heterocycles. The number of nitrogens with two attached hydrogens (primary N) is 1. The summed E-state index contributed by atoms with van der Waals surface area (Å²) in [7, 11) is 1.58. The van der Waals surface area contributed by atoms with E-state index in [4.69, 9.17) is 19.7 Å². The Hall–Kier alpha value is -2.08. The van der Waals surface area contributed by atoms with Gasteiger partial charge >= 0.3 is 0 Å². The van der Waals surface area contributed by atoms with Gasteiger partial charge in [0.25, 0.3) is 5.89 Å². The van der Waals surface area contributed by atoms with Crippen LogP contribution in [0.5, 0.6) is 5.75 Å². The fourth-order valence-corrected chi connectivity index (χ4v) is 2.53. The Kier molecular flexibility index (Phi) is 3.55. The van der Waals surface area contributed by atoms with Gasteiger partial charge in [-0.3, -0.25) is 0 Å². The number of hydrogen-bond acceptors (Lipinski definition) is 6. The Balaban J connectivity index is 1.89. The van der Waals surface area contributed by atoms with Crippen molar-refractivity contribution in [3.8, 4) is 17.2 Å². The molecule has 2 heterocycles. The molecule has 1 saturated heterocycles. The van der Waals surface area contributed by atoms with E-state index in [2.05, 4.69) is 10.1 Å². The summed E-state index contributed by atoms with van der Waals surface area (Å²) < 4.78 is 16.3. The molecule has 1 fully saturated rings. The molecule has 0 amide bonds. The molecule has 1 aliphatic rings. The minimum absolute atomic E-state index is 0.440. The quantitative estimate of drug-likeness (QED) is 0.875. The highest BCUT2D eigenvalue weighted by Gasteiger charge is 2.35. The third-order valence-electron chi connectivity index (χ3n) is 3.84. The smallest absolute Gasteiger partial charge is 0.258 e. The van der Waals surface area contributed by atoms with Gasteiger partial charge in [0.2, 0.25) is 5.82 Å². The molecule has 0 spiro atoms. The highest BCUT2D eigenvalue weighted by atomic mass is 16.5. The average molecular weight is 289 g/mol. The maximum atomic E-state index is 5.91. The SMILES string of the molecule is COc1ccc(-c2nc(C3(C)CCCCO3)no2)cc1N. The molecule has 1 aromatic carbocycles. The van der Waals surface area contributed by atoms with Gasteiger partial charge in [-0.25, -0.2) is 0 Å². The molecule has 1 unspecified atom stereocenters. The van der Waals surface area contributed by atoms with Crippen LogP contribution in [0.15, 0.2) is 22.7 Å². The van der Waals surface area contributed by atoms with Gasteiger partial charge in [-0.05, 0) is 44.4 Å². The molecule has 2 aromatic rings. The van der Waals surface area contributed by atoms with Crippen LogP contribution in [0.25, 0.3) is 11.5 Å². The van der Waals surface area contributed by atoms with Crippen LogP contribution < -0.4 is 10.5 Å². The van der Waals surface area contributed by atoms with Gasteiger partial charge in [0, 0.05) is 12.2 Å². The lowest BCUT2D eigenvalue weighted by molar-refractivity contribution is -0.0770. The number of anilines is 1. The first kappa shape index (κ1) is 13.9. The number of aromatic nitrogens is 2. The zero-order valence-electron chi connectivity index (χ0n) is 12.3. The highest BCUT2D eigenvalue weighted by Crippen LogP contribution is 2.34. The van der Waals surface area contributed by atoms with Gasteiger partial charge < -0.3 is 19.7 Å². The van der Waals surface area contributed by atoms with Crippen LogP contribution in [0.3, 0.4) is 0 Å². The van der Waals surface area contributed by atoms with Crippen molar-refractivity contribution in [2.75, 3.05) is 19.5 Å². The molecular weight excluding hydrogens is 270 g/mol. The lowest BCUT2D eigenvalue weighted by Crippen LogP contribution is -2.31. The van der Waals surface area contributed by atoms with Gasteiger partial charge in [0.05, 0.1) is 12.8 Å². The summed E-state index contributed by atoms with van der Waals surface area (Å²) >= 11 is 0. The molecule has 0 aliphatic carbocycles. The number of nitrogen functional groups attached to an aromatic ring is 1. The number of methoxy groups -OCH3 is 1. The van der Waals surface area contributed by atoms with Crippen molar-refractivity contribution in [1.82, 2.24) is 10.1 Å². The van der Waals surface area contributed by atoms with Crippen molar-refractivity contribution >= 4 is 5.69 Å². The number of nitrogens with zero attached hydrogens (tertiary/aromatic N) is 2. The average Bonchev–Trinajstić information content (AvgIpc) is 2.98. The largest absolute Gasteiger partial charge is 0.495 e. The molecule has 0 bridgehead atoms. The molecule has 6 heteroatoms. The normalized spacial score (nSPS) is 22.2. The predicted molar refractivity (Wildman–Crippen MR) is 77.9 cm³/mol. The van der Waals surface area contributed by atoms with Crippen LogP contribution in [0, 0.1) is 0 Å². The first-order valence-corrected chi connectivity index (χ1v) is 7.04. The summed E-state index contributed by atoms with van der Waals surface area (Å²) in [6.45, 7) is 2.74. The lowest BCUT2D eigenvalue weighted by atomic mass is 9.95. The topological polar surface area (TPSA) is 83.4 Å². The Morgan fingerprint density at radius 3 is 2.86 bits per heavy atom. The summed E-state index contributed by atoms with van der Waals surface area (Å²) in [5.74, 6) is 1.66.